The van der Waals surface area contributed by atoms with Crippen LogP contribution in [0.1, 0.15) is 39.3 Å². The quantitative estimate of drug-likeness (QED) is 0.770. The Bertz CT molecular complexity index is 389. The van der Waals surface area contributed by atoms with Crippen molar-refractivity contribution in [1.82, 2.24) is 5.32 Å². The fourth-order valence-electron chi connectivity index (χ4n) is 1.83. The Balaban J connectivity index is 2.57. The summed E-state index contributed by atoms with van der Waals surface area (Å²) in [6, 6.07) is 7.63. The van der Waals surface area contributed by atoms with Crippen LogP contribution in [-0.2, 0) is 9.53 Å². The van der Waals surface area contributed by atoms with Crippen LogP contribution in [0.2, 0.25) is 0 Å². The van der Waals surface area contributed by atoms with Crippen LogP contribution in [0, 0.1) is 0 Å². The normalized spacial score (nSPS) is 13.7. The van der Waals surface area contributed by atoms with Crippen molar-refractivity contribution in [2.45, 2.75) is 39.8 Å². The molecule has 2 atom stereocenters. The maximum Gasteiger partial charge on any atom is 0.322 e. The lowest BCUT2D eigenvalue weighted by Crippen LogP contribution is -2.37. The molecule has 1 rings (SSSR count). The van der Waals surface area contributed by atoms with Gasteiger partial charge in [-0.3, -0.25) is 10.1 Å². The van der Waals surface area contributed by atoms with Gasteiger partial charge in [0.15, 0.2) is 0 Å². The van der Waals surface area contributed by atoms with Crippen molar-refractivity contribution in [2.24, 2.45) is 0 Å². The fraction of sp³-hybridized carbons (Fsp3) is 0.533. The predicted molar refractivity (Wildman–Crippen MR) is 75.3 cm³/mol. The van der Waals surface area contributed by atoms with Crippen molar-refractivity contribution in [3.8, 4) is 5.75 Å². The summed E-state index contributed by atoms with van der Waals surface area (Å²) in [7, 11) is 0. The zero-order valence-electron chi connectivity index (χ0n) is 12.1. The van der Waals surface area contributed by atoms with E-state index in [2.05, 4.69) is 5.32 Å². The molecule has 0 saturated carbocycles. The number of carbonyl (C=O) groups excluding carboxylic acids is 1. The molecule has 1 aromatic rings. The first-order chi connectivity index (χ1) is 9.08. The van der Waals surface area contributed by atoms with Gasteiger partial charge in [-0.1, -0.05) is 12.1 Å². The number of hydrogen-bond acceptors (Lipinski definition) is 4. The van der Waals surface area contributed by atoms with E-state index in [1.807, 2.05) is 45.0 Å². The first-order valence-corrected chi connectivity index (χ1v) is 6.73. The molecular weight excluding hydrogens is 242 g/mol. The van der Waals surface area contributed by atoms with E-state index in [4.69, 9.17) is 9.47 Å². The van der Waals surface area contributed by atoms with E-state index in [-0.39, 0.29) is 18.1 Å². The molecule has 0 aliphatic carbocycles. The van der Waals surface area contributed by atoms with Gasteiger partial charge in [-0.25, -0.2) is 0 Å². The molecule has 2 unspecified atom stereocenters. The summed E-state index contributed by atoms with van der Waals surface area (Å²) in [6.07, 6.45) is 0. The van der Waals surface area contributed by atoms with E-state index in [9.17, 15) is 4.79 Å². The largest absolute Gasteiger partial charge is 0.494 e. The highest BCUT2D eigenvalue weighted by Gasteiger charge is 2.16. The highest BCUT2D eigenvalue weighted by Crippen LogP contribution is 2.18. The van der Waals surface area contributed by atoms with Gasteiger partial charge in [0.25, 0.3) is 0 Å². The molecule has 0 fully saturated rings. The first kappa shape index (κ1) is 15.5. The van der Waals surface area contributed by atoms with Crippen molar-refractivity contribution in [2.75, 3.05) is 13.2 Å². The minimum atomic E-state index is -0.318. The van der Waals surface area contributed by atoms with E-state index in [1.54, 1.807) is 6.92 Å². The summed E-state index contributed by atoms with van der Waals surface area (Å²) in [4.78, 5) is 11.5. The highest BCUT2D eigenvalue weighted by atomic mass is 16.5. The zero-order chi connectivity index (χ0) is 14.3. The van der Waals surface area contributed by atoms with E-state index in [1.165, 1.54) is 0 Å². The highest BCUT2D eigenvalue weighted by molar-refractivity contribution is 5.75. The summed E-state index contributed by atoms with van der Waals surface area (Å²) in [5, 5.41) is 3.22. The molecular formula is C15H23NO3. The van der Waals surface area contributed by atoms with Crippen LogP contribution in [0.3, 0.4) is 0 Å². The Kier molecular flexibility index (Phi) is 6.36. The molecule has 0 heterocycles. The van der Waals surface area contributed by atoms with Crippen molar-refractivity contribution in [3.63, 3.8) is 0 Å². The molecule has 0 aliphatic heterocycles. The Morgan fingerprint density at radius 1 is 1.16 bits per heavy atom. The number of esters is 1. The number of rotatable bonds is 7. The molecule has 0 spiro atoms. The van der Waals surface area contributed by atoms with Gasteiger partial charge < -0.3 is 9.47 Å². The van der Waals surface area contributed by atoms with Crippen molar-refractivity contribution < 1.29 is 14.3 Å². The van der Waals surface area contributed by atoms with Gasteiger partial charge >= 0.3 is 5.97 Å². The van der Waals surface area contributed by atoms with Crippen LogP contribution in [-0.4, -0.2) is 25.2 Å². The number of hydrogen-bond donors (Lipinski definition) is 1. The molecule has 0 aliphatic rings. The zero-order valence-corrected chi connectivity index (χ0v) is 12.1. The molecule has 1 N–H and O–H groups in total. The number of benzene rings is 1. The Morgan fingerprint density at radius 3 is 2.32 bits per heavy atom. The second-order valence-corrected chi connectivity index (χ2v) is 4.36. The number of nitrogens with one attached hydrogen (secondary N) is 1. The molecule has 106 valence electrons. The monoisotopic (exact) mass is 265 g/mol. The van der Waals surface area contributed by atoms with Crippen LogP contribution >= 0.6 is 0 Å². The van der Waals surface area contributed by atoms with Crippen molar-refractivity contribution >= 4 is 5.97 Å². The standard InChI is InChI=1S/C15H23NO3/c1-5-18-14-9-7-13(8-10-14)11(3)16-12(4)15(17)19-6-2/h7-12,16H,5-6H2,1-4H3. The van der Waals surface area contributed by atoms with Crippen LogP contribution in [0.15, 0.2) is 24.3 Å². The van der Waals surface area contributed by atoms with E-state index in [0.717, 1.165) is 11.3 Å². The first-order valence-electron chi connectivity index (χ1n) is 6.73. The fourth-order valence-corrected chi connectivity index (χ4v) is 1.83. The van der Waals surface area contributed by atoms with Gasteiger partial charge in [-0.2, -0.15) is 0 Å². The third-order valence-corrected chi connectivity index (χ3v) is 2.83. The Morgan fingerprint density at radius 2 is 1.79 bits per heavy atom. The molecule has 19 heavy (non-hydrogen) atoms. The van der Waals surface area contributed by atoms with Gasteiger partial charge in [-0.15, -0.1) is 0 Å². The SMILES string of the molecule is CCOC(=O)C(C)NC(C)c1ccc(OCC)cc1. The second kappa shape index (κ2) is 7.79. The van der Waals surface area contributed by atoms with Crippen LogP contribution < -0.4 is 10.1 Å². The molecule has 0 aromatic heterocycles. The Labute approximate surface area is 115 Å². The lowest BCUT2D eigenvalue weighted by molar-refractivity contribution is -0.145. The van der Waals surface area contributed by atoms with Crippen LogP contribution in [0.25, 0.3) is 0 Å². The van der Waals surface area contributed by atoms with Gasteiger partial charge in [-0.05, 0) is 45.4 Å². The number of carbonyl (C=O) groups is 1. The average Bonchev–Trinajstić information content (AvgIpc) is 2.40. The minimum absolute atomic E-state index is 0.0788. The van der Waals surface area contributed by atoms with E-state index in [0.29, 0.717) is 13.2 Å². The Hall–Kier alpha value is -1.55. The van der Waals surface area contributed by atoms with Crippen molar-refractivity contribution in [1.29, 1.82) is 0 Å². The smallest absolute Gasteiger partial charge is 0.322 e. The predicted octanol–water partition coefficient (Wildman–Crippen LogP) is 2.69. The summed E-state index contributed by atoms with van der Waals surface area (Å²) in [5.74, 6) is 0.636. The lowest BCUT2D eigenvalue weighted by Gasteiger charge is -2.19. The van der Waals surface area contributed by atoms with Gasteiger partial charge in [0.1, 0.15) is 11.8 Å². The molecule has 4 nitrogen and oxygen atoms in total. The van der Waals surface area contributed by atoms with Crippen molar-refractivity contribution in [3.05, 3.63) is 29.8 Å². The van der Waals surface area contributed by atoms with Gasteiger partial charge in [0.05, 0.1) is 13.2 Å². The molecule has 0 bridgehead atoms. The maximum absolute atomic E-state index is 11.5. The number of ether oxygens (including phenoxy) is 2. The summed E-state index contributed by atoms with van der Waals surface area (Å²) < 4.78 is 10.4. The van der Waals surface area contributed by atoms with E-state index >= 15 is 0 Å². The topological polar surface area (TPSA) is 47.6 Å². The maximum atomic E-state index is 11.5. The summed E-state index contributed by atoms with van der Waals surface area (Å²) in [5.41, 5.74) is 1.11. The molecule has 0 radical (unpaired) electrons. The average molecular weight is 265 g/mol. The second-order valence-electron chi connectivity index (χ2n) is 4.36. The molecule has 0 amide bonds. The minimum Gasteiger partial charge on any atom is -0.494 e. The molecule has 1 aromatic carbocycles. The van der Waals surface area contributed by atoms with E-state index < -0.39 is 0 Å². The van der Waals surface area contributed by atoms with Gasteiger partial charge in [0, 0.05) is 6.04 Å². The summed E-state index contributed by atoms with van der Waals surface area (Å²) in [6.45, 7) is 8.66. The summed E-state index contributed by atoms with van der Waals surface area (Å²) >= 11 is 0. The molecule has 0 saturated heterocycles. The van der Waals surface area contributed by atoms with Crippen LogP contribution in [0.5, 0.6) is 5.75 Å². The molecule has 4 heteroatoms. The third kappa shape index (κ3) is 4.91. The third-order valence-electron chi connectivity index (χ3n) is 2.83. The van der Waals surface area contributed by atoms with Crippen LogP contribution in [0.4, 0.5) is 0 Å². The lowest BCUT2D eigenvalue weighted by atomic mass is 10.1. The van der Waals surface area contributed by atoms with Gasteiger partial charge in [0.2, 0.25) is 0 Å².